The number of nitrogens with one attached hydrogen (secondary N) is 3. The lowest BCUT2D eigenvalue weighted by atomic mass is 9.68. The monoisotopic (exact) mass is 1910 g/mol. The fourth-order valence-corrected chi connectivity index (χ4v) is 22.4. The van der Waals surface area contributed by atoms with Gasteiger partial charge in [0.15, 0.2) is 34.5 Å². The van der Waals surface area contributed by atoms with E-state index < -0.39 is 51.7 Å². The Bertz CT molecular complexity index is 7060. The number of sulfonamides is 3. The summed E-state index contributed by atoms with van der Waals surface area (Å²) >= 11 is 0. The van der Waals surface area contributed by atoms with Crippen molar-refractivity contribution in [3.8, 4) is 85.1 Å². The molecule has 4 saturated carbocycles. The van der Waals surface area contributed by atoms with Crippen molar-refractivity contribution in [2.75, 3.05) is 52.9 Å². The number of ketones is 3. The Morgan fingerprint density at radius 1 is 0.420 bits per heavy atom. The highest BCUT2D eigenvalue weighted by Gasteiger charge is 2.54. The van der Waals surface area contributed by atoms with Crippen LogP contribution in [0.15, 0.2) is 288 Å². The molecule has 1 amide bonds. The van der Waals surface area contributed by atoms with Gasteiger partial charge in [-0.15, -0.1) is 0 Å². The highest BCUT2D eigenvalue weighted by Crippen LogP contribution is 2.55. The zero-order valence-corrected chi connectivity index (χ0v) is 79.6. The summed E-state index contributed by atoms with van der Waals surface area (Å²) in [6.45, 7) is 5.43. The second-order valence-electron chi connectivity index (χ2n) is 36.0. The van der Waals surface area contributed by atoms with Crippen molar-refractivity contribution in [2.45, 2.75) is 172 Å². The normalized spacial score (nSPS) is 16.9. The number of aryl methyl sites for hydroxylation is 1. The van der Waals surface area contributed by atoms with E-state index >= 15 is 0 Å². The molecule has 5 aromatic heterocycles. The summed E-state index contributed by atoms with van der Waals surface area (Å²) in [5, 5.41) is 3.05. The van der Waals surface area contributed by atoms with Crippen LogP contribution in [0, 0.1) is 6.92 Å². The first-order valence-corrected chi connectivity index (χ1v) is 51.1. The van der Waals surface area contributed by atoms with Crippen molar-refractivity contribution in [3.63, 3.8) is 0 Å². The Kier molecular flexibility index (Phi) is 27.8. The number of pyridine rings is 5. The molecule has 1 atom stereocenters. The number of nitrogens with zero attached hydrogens (tertiary/aromatic N) is 6. The molecular formula is C109H111N9O17S3. The average Bonchev–Trinajstić information content (AvgIpc) is 1.59. The van der Waals surface area contributed by atoms with Crippen LogP contribution in [0.25, 0.3) is 44.9 Å². The SMILES string of the molecule is CC1CCCCN1S(=O)(=O)c1ccc(-c2cccc(CC(=O)C3(c4ccc5c(c4)OCO5)CC3)n2)cc1.CNS(=O)(=O)c1ccc(-c2cccc(NC(=O)C3(c4ccccc4)CCCCC3)n2)cc1.COc1ccc(-c2ccc(CC(=O)C3(c4ccc5c(c4)OCO5)CC3)nc2C)cc1.O=C(Cc1cccc(-c2ccc(S(=O)(=O)NCCc3ccccn3)cc2)n1)C1(c2ccc3c(c2)OCO3)CC1.[HH].[HH]. The van der Waals surface area contributed by atoms with Crippen LogP contribution in [0.1, 0.15) is 150 Å². The van der Waals surface area contributed by atoms with Crippen LogP contribution in [0.5, 0.6) is 40.2 Å². The molecule has 4 aliphatic carbocycles. The summed E-state index contributed by atoms with van der Waals surface area (Å²) in [6.07, 6.45) is 15.6. The molecule has 1 unspecified atom stereocenters. The highest BCUT2D eigenvalue weighted by molar-refractivity contribution is 7.90. The number of rotatable bonds is 29. The Morgan fingerprint density at radius 3 is 1.33 bits per heavy atom. The summed E-state index contributed by atoms with van der Waals surface area (Å²) in [7, 11) is -7.63. The molecule has 138 heavy (non-hydrogen) atoms. The van der Waals surface area contributed by atoms with Crippen LogP contribution in [0.2, 0.25) is 0 Å². The van der Waals surface area contributed by atoms with E-state index in [0.717, 1.165) is 174 Å². The third kappa shape index (κ3) is 20.8. The molecule has 0 radical (unpaired) electrons. The number of Topliss-reactive ketones (excluding diaryl/α,β-unsaturated/α-hetero) is 3. The van der Waals surface area contributed by atoms with Gasteiger partial charge in [-0.05, 0) is 252 Å². The lowest BCUT2D eigenvalue weighted by Gasteiger charge is -2.36. The van der Waals surface area contributed by atoms with Crippen LogP contribution in [0.3, 0.4) is 0 Å². The minimum Gasteiger partial charge on any atom is -0.497 e. The maximum atomic E-state index is 13.5. The smallest absolute Gasteiger partial charge is 0.243 e. The first kappa shape index (κ1) is 94.7. The van der Waals surface area contributed by atoms with Crippen LogP contribution in [-0.4, -0.2) is 131 Å². The third-order valence-corrected chi connectivity index (χ3v) is 32.3. The van der Waals surface area contributed by atoms with Gasteiger partial charge in [0.2, 0.25) is 56.4 Å². The standard InChI is InChI=1S/C30H27N3O5S.C29H30N2O5S.C25H27N3O3S.C25H23NO4.2H2/c34-29(30(14-15-30)22-9-12-27-28(18-22)38-20-37-27)19-24-5-3-6-26(33-24)21-7-10-25(11-8-21)39(35,36)32-17-13-23-4-1-2-16-31-23;1-20-5-2-3-16-31(20)37(33,34)24-11-8-21(9-12-24)25-7-4-6-23(30-25)18-28(32)29(14-15-29)22-10-13-26-27(17-22)36-19-35-26;1-26-32(30,31)21-15-13-19(14-16-21)22-11-8-12-23(27-22)28-24(29)25(17-6-3-7-18-25)20-9-4-2-5-10-20;1-16-21(17-3-7-20(28-2)8-4-17)9-6-19(26-16)14-24(27)25(11-12-25)18-5-10-22-23(13-18)30-15-29-22;;/h1-12,16,18,32H,13-15,17,19-20H2;4,6-13,17,20H,2-3,5,14-16,18-19H2,1H3;2,4-5,8-16,26H,3,6-7,17-18H2,1H3,(H,27,28,29);3-10,13H,11-12,14-15H2,1-2H3;2*1H. The lowest BCUT2D eigenvalue weighted by Crippen LogP contribution is -2.42. The molecule has 0 spiro atoms. The summed E-state index contributed by atoms with van der Waals surface area (Å²) < 4.78 is 120. The van der Waals surface area contributed by atoms with Crippen LogP contribution in [-0.2, 0) is 96.6 Å². The Labute approximate surface area is 806 Å². The van der Waals surface area contributed by atoms with Crippen molar-refractivity contribution >= 4 is 59.1 Å². The van der Waals surface area contributed by atoms with Gasteiger partial charge in [0.1, 0.15) is 28.9 Å². The number of hydrogen-bond acceptors (Lipinski definition) is 22. The first-order chi connectivity index (χ1) is 66.8. The van der Waals surface area contributed by atoms with Gasteiger partial charge in [-0.25, -0.2) is 39.7 Å². The Balaban J connectivity index is 0.000000135. The summed E-state index contributed by atoms with van der Waals surface area (Å²) in [5.41, 5.74) is 12.5. The lowest BCUT2D eigenvalue weighted by molar-refractivity contribution is -0.123. The Morgan fingerprint density at radius 2 is 0.870 bits per heavy atom. The minimum atomic E-state index is -3.65. The predicted molar refractivity (Wildman–Crippen MR) is 527 cm³/mol. The van der Waals surface area contributed by atoms with E-state index in [4.69, 9.17) is 48.1 Å². The van der Waals surface area contributed by atoms with Crippen LogP contribution >= 0.6 is 0 Å². The van der Waals surface area contributed by atoms with Crippen molar-refractivity contribution in [2.24, 2.45) is 0 Å². The maximum Gasteiger partial charge on any atom is 0.243 e. The number of piperidine rings is 1. The molecule has 3 N–H and O–H groups in total. The van der Waals surface area contributed by atoms with Gasteiger partial charge >= 0.3 is 0 Å². The number of benzene rings is 8. The molecule has 26 nitrogen and oxygen atoms in total. The zero-order chi connectivity index (χ0) is 95.8. The van der Waals surface area contributed by atoms with E-state index in [2.05, 4.69) is 24.7 Å². The predicted octanol–water partition coefficient (Wildman–Crippen LogP) is 18.7. The van der Waals surface area contributed by atoms with E-state index in [1.807, 2.05) is 202 Å². The fraction of sp³-hybridized carbons (Fsp3) is 0.294. The van der Waals surface area contributed by atoms with E-state index in [-0.39, 0.29) is 81.7 Å². The summed E-state index contributed by atoms with van der Waals surface area (Å²) in [4.78, 5) is 77.2. The van der Waals surface area contributed by atoms with E-state index in [9.17, 15) is 44.4 Å². The number of amides is 1. The quantitative estimate of drug-likeness (QED) is 0.0392. The topological polar surface area (TPSA) is 339 Å². The highest BCUT2D eigenvalue weighted by atomic mass is 32.2. The number of carbonyl (C=O) groups excluding carboxylic acids is 4. The summed E-state index contributed by atoms with van der Waals surface area (Å²) in [6, 6.07) is 81.5. The average molecular weight is 1920 g/mol. The molecule has 1 saturated heterocycles. The number of carbonyl (C=O) groups is 4. The van der Waals surface area contributed by atoms with Crippen molar-refractivity contribution in [3.05, 3.63) is 324 Å². The van der Waals surface area contributed by atoms with E-state index in [0.29, 0.717) is 81.6 Å². The van der Waals surface area contributed by atoms with E-state index in [1.165, 1.54) is 7.05 Å². The molecule has 21 rings (SSSR count). The Hall–Kier alpha value is -13.7. The third-order valence-electron chi connectivity index (χ3n) is 27.4. The molecule has 712 valence electrons. The largest absolute Gasteiger partial charge is 0.497 e. The molecular weight excluding hydrogens is 1800 g/mol. The number of anilines is 1. The molecule has 29 heteroatoms. The van der Waals surface area contributed by atoms with Gasteiger partial charge in [-0.3, -0.25) is 39.1 Å². The van der Waals surface area contributed by atoms with Gasteiger partial charge in [-0.1, -0.05) is 153 Å². The number of hydrogen-bond donors (Lipinski definition) is 3. The zero-order valence-electron chi connectivity index (χ0n) is 77.2. The molecule has 0 bridgehead atoms. The molecule has 13 aromatic rings. The molecule has 5 fully saturated rings. The molecule has 9 heterocycles. The first-order valence-electron chi connectivity index (χ1n) is 46.7. The molecule has 4 aliphatic heterocycles. The second kappa shape index (κ2) is 40.5. The summed E-state index contributed by atoms with van der Waals surface area (Å²) in [5.74, 6) is 6.03. The number of aromatic nitrogens is 5. The van der Waals surface area contributed by atoms with Gasteiger partial charge in [0, 0.05) is 105 Å². The maximum absolute atomic E-state index is 13.5. The number of ether oxygens (including phenoxy) is 7. The molecule has 8 aliphatic rings. The van der Waals surface area contributed by atoms with Gasteiger partial charge < -0.3 is 38.5 Å². The second-order valence-corrected chi connectivity index (χ2v) is 41.6. The minimum absolute atomic E-state index is 0. The van der Waals surface area contributed by atoms with Crippen LogP contribution in [0.4, 0.5) is 5.82 Å². The van der Waals surface area contributed by atoms with Crippen LogP contribution < -0.4 is 47.9 Å². The van der Waals surface area contributed by atoms with Gasteiger partial charge in [-0.2, -0.15) is 4.31 Å². The van der Waals surface area contributed by atoms with Crippen molar-refractivity contribution in [1.82, 2.24) is 38.7 Å². The number of fused-ring (bicyclic) bond motifs is 3. The van der Waals surface area contributed by atoms with Crippen molar-refractivity contribution < 1.29 is 80.4 Å². The van der Waals surface area contributed by atoms with E-state index in [1.54, 1.807) is 96.5 Å². The van der Waals surface area contributed by atoms with Gasteiger partial charge in [0.25, 0.3) is 0 Å². The molecule has 8 aromatic carbocycles. The fourth-order valence-electron chi connectivity index (χ4n) is 18.9. The van der Waals surface area contributed by atoms with Gasteiger partial charge in [0.05, 0.1) is 60.5 Å². The number of methoxy groups -OCH3 is 1. The van der Waals surface area contributed by atoms with Crippen molar-refractivity contribution in [1.29, 1.82) is 0 Å².